The third-order valence-corrected chi connectivity index (χ3v) is 7.91. The monoisotopic (exact) mass is 471 g/mol. The van der Waals surface area contributed by atoms with Crippen LogP contribution in [0.25, 0.3) is 10.2 Å². The van der Waals surface area contributed by atoms with Gasteiger partial charge < -0.3 is 4.90 Å². The maximum atomic E-state index is 13.6. The highest BCUT2D eigenvalue weighted by Gasteiger charge is 2.22. The van der Waals surface area contributed by atoms with Gasteiger partial charge in [0.15, 0.2) is 5.16 Å². The van der Waals surface area contributed by atoms with Crippen LogP contribution in [0, 0.1) is 13.8 Å². The van der Waals surface area contributed by atoms with Gasteiger partial charge in [0, 0.05) is 17.0 Å². The zero-order valence-electron chi connectivity index (χ0n) is 20.1. The number of nitrogens with zero attached hydrogens (tertiary/aromatic N) is 3. The molecule has 0 spiro atoms. The fraction of sp³-hybridized carbons (Fsp3) is 0.480. The largest absolute Gasteiger partial charge is 0.337 e. The summed E-state index contributed by atoms with van der Waals surface area (Å²) in [4.78, 5) is 35.3. The van der Waals surface area contributed by atoms with Gasteiger partial charge >= 0.3 is 0 Å². The summed E-state index contributed by atoms with van der Waals surface area (Å²) >= 11 is 2.95. The Kier molecular flexibility index (Phi) is 7.83. The van der Waals surface area contributed by atoms with Crippen molar-refractivity contribution < 1.29 is 4.79 Å². The summed E-state index contributed by atoms with van der Waals surface area (Å²) in [5, 5.41) is 1.31. The molecule has 0 unspecified atom stereocenters. The first-order valence-electron chi connectivity index (χ1n) is 11.2. The van der Waals surface area contributed by atoms with E-state index in [1.165, 1.54) is 22.2 Å². The van der Waals surface area contributed by atoms with Gasteiger partial charge in [0.05, 0.1) is 17.7 Å². The van der Waals surface area contributed by atoms with Crippen LogP contribution in [0.15, 0.2) is 34.2 Å². The minimum Gasteiger partial charge on any atom is -0.337 e. The van der Waals surface area contributed by atoms with Gasteiger partial charge in [0.25, 0.3) is 5.56 Å². The summed E-state index contributed by atoms with van der Waals surface area (Å²) in [5.74, 6) is 0.320. The highest BCUT2D eigenvalue weighted by Crippen LogP contribution is 2.30. The van der Waals surface area contributed by atoms with E-state index in [1.807, 2.05) is 58.6 Å². The lowest BCUT2D eigenvalue weighted by molar-refractivity contribution is -0.131. The van der Waals surface area contributed by atoms with Gasteiger partial charge in [0.1, 0.15) is 4.83 Å². The maximum Gasteiger partial charge on any atom is 0.263 e. The molecule has 7 heteroatoms. The van der Waals surface area contributed by atoms with E-state index in [9.17, 15) is 9.59 Å². The quantitative estimate of drug-likeness (QED) is 0.325. The molecule has 1 amide bonds. The van der Waals surface area contributed by atoms with Crippen molar-refractivity contribution in [3.05, 3.63) is 56.2 Å². The Bertz CT molecular complexity index is 1150. The molecule has 2 aromatic heterocycles. The first kappa shape index (κ1) is 24.5. The van der Waals surface area contributed by atoms with E-state index in [2.05, 4.69) is 19.1 Å². The smallest absolute Gasteiger partial charge is 0.263 e. The van der Waals surface area contributed by atoms with Crippen molar-refractivity contribution in [1.82, 2.24) is 14.5 Å². The molecule has 0 N–H and O–H groups in total. The Balaban J connectivity index is 2.03. The lowest BCUT2D eigenvalue weighted by Crippen LogP contribution is -2.43. The highest BCUT2D eigenvalue weighted by molar-refractivity contribution is 7.99. The molecule has 0 radical (unpaired) electrons. The van der Waals surface area contributed by atoms with E-state index in [4.69, 9.17) is 4.98 Å². The molecule has 0 aliphatic heterocycles. The van der Waals surface area contributed by atoms with E-state index >= 15 is 0 Å². The summed E-state index contributed by atoms with van der Waals surface area (Å²) in [7, 11) is 0. The minimum absolute atomic E-state index is 0.0245. The summed E-state index contributed by atoms with van der Waals surface area (Å²) < 4.78 is 1.74. The molecular formula is C25H33N3O2S2. The normalized spacial score (nSPS) is 11.7. The maximum absolute atomic E-state index is 13.6. The van der Waals surface area contributed by atoms with Crippen LogP contribution in [0.3, 0.4) is 0 Å². The van der Waals surface area contributed by atoms with Crippen LogP contribution < -0.4 is 5.56 Å². The number of thiophene rings is 1. The second-order valence-corrected chi connectivity index (χ2v) is 10.8. The van der Waals surface area contributed by atoms with Crippen LogP contribution in [-0.4, -0.2) is 38.2 Å². The SMILES string of the molecule is CCc1sc2nc(SCC(=O)N(C(C)C)C(C)C)n(Cc3ccc(C)cc3)c(=O)c2c1C. The highest BCUT2D eigenvalue weighted by atomic mass is 32.2. The number of carbonyl (C=O) groups excluding carboxylic acids is 1. The second kappa shape index (κ2) is 10.2. The van der Waals surface area contributed by atoms with Crippen molar-refractivity contribution >= 4 is 39.2 Å². The number of rotatable bonds is 8. The van der Waals surface area contributed by atoms with E-state index in [-0.39, 0.29) is 29.3 Å². The number of carbonyl (C=O) groups is 1. The predicted octanol–water partition coefficient (Wildman–Crippen LogP) is 5.42. The van der Waals surface area contributed by atoms with Crippen molar-refractivity contribution in [2.45, 2.75) is 78.7 Å². The first-order chi connectivity index (χ1) is 15.1. The molecule has 0 saturated carbocycles. The van der Waals surface area contributed by atoms with Crippen LogP contribution >= 0.6 is 23.1 Å². The fourth-order valence-corrected chi connectivity index (χ4v) is 6.11. The van der Waals surface area contributed by atoms with Gasteiger partial charge in [-0.05, 0) is 59.1 Å². The summed E-state index contributed by atoms with van der Waals surface area (Å²) in [6, 6.07) is 8.44. The Hall–Kier alpha value is -2.12. The average molecular weight is 472 g/mol. The topological polar surface area (TPSA) is 55.2 Å². The Morgan fingerprint density at radius 3 is 2.31 bits per heavy atom. The molecule has 0 aliphatic rings. The van der Waals surface area contributed by atoms with Crippen molar-refractivity contribution in [3.63, 3.8) is 0 Å². The van der Waals surface area contributed by atoms with Gasteiger partial charge in [-0.15, -0.1) is 11.3 Å². The van der Waals surface area contributed by atoms with Crippen LogP contribution in [0.5, 0.6) is 0 Å². The number of aryl methyl sites for hydroxylation is 3. The summed E-state index contributed by atoms with van der Waals surface area (Å²) in [6.45, 7) is 14.7. The zero-order valence-corrected chi connectivity index (χ0v) is 21.7. The molecule has 0 fully saturated rings. The molecule has 0 saturated heterocycles. The van der Waals surface area contributed by atoms with E-state index in [0.29, 0.717) is 17.1 Å². The van der Waals surface area contributed by atoms with Crippen LogP contribution in [0.4, 0.5) is 0 Å². The van der Waals surface area contributed by atoms with Gasteiger partial charge in [-0.2, -0.15) is 0 Å². The molecular weight excluding hydrogens is 438 g/mol. The number of hydrogen-bond acceptors (Lipinski definition) is 5. The first-order valence-corrected chi connectivity index (χ1v) is 13.0. The van der Waals surface area contributed by atoms with Gasteiger partial charge in [-0.1, -0.05) is 48.5 Å². The molecule has 0 aliphatic carbocycles. The van der Waals surface area contributed by atoms with Gasteiger partial charge in [-0.3, -0.25) is 14.2 Å². The molecule has 3 rings (SSSR count). The predicted molar refractivity (Wildman–Crippen MR) is 136 cm³/mol. The molecule has 0 bridgehead atoms. The minimum atomic E-state index is -0.0245. The van der Waals surface area contributed by atoms with E-state index in [1.54, 1.807) is 15.9 Å². The number of fused-ring (bicyclic) bond motifs is 1. The molecule has 3 aromatic rings. The third-order valence-electron chi connectivity index (χ3n) is 5.62. The molecule has 0 atom stereocenters. The summed E-state index contributed by atoms with van der Waals surface area (Å²) in [6.07, 6.45) is 0.878. The fourth-order valence-electron chi connectivity index (χ4n) is 4.08. The van der Waals surface area contributed by atoms with Gasteiger partial charge in [-0.25, -0.2) is 4.98 Å². The molecule has 32 heavy (non-hydrogen) atoms. The summed E-state index contributed by atoms with van der Waals surface area (Å²) in [5.41, 5.74) is 3.23. The van der Waals surface area contributed by atoms with Crippen LogP contribution in [0.1, 0.15) is 56.2 Å². The Morgan fingerprint density at radius 2 is 1.75 bits per heavy atom. The van der Waals surface area contributed by atoms with Crippen LogP contribution in [0.2, 0.25) is 0 Å². The number of benzene rings is 1. The van der Waals surface area contributed by atoms with E-state index in [0.717, 1.165) is 22.4 Å². The Morgan fingerprint density at radius 1 is 1.12 bits per heavy atom. The second-order valence-electron chi connectivity index (χ2n) is 8.73. The zero-order chi connectivity index (χ0) is 23.6. The lowest BCUT2D eigenvalue weighted by atomic mass is 10.1. The van der Waals surface area contributed by atoms with Crippen molar-refractivity contribution in [1.29, 1.82) is 0 Å². The standard InChI is InChI=1S/C25H33N3O2S2/c1-8-20-18(7)22-23(32-20)26-25(31-14-21(29)28(15(2)3)16(4)5)27(24(22)30)13-19-11-9-17(6)10-12-19/h9-12,15-16H,8,13-14H2,1-7H3. The number of hydrogen-bond donors (Lipinski definition) is 0. The number of amides is 1. The molecule has 1 aromatic carbocycles. The molecule has 5 nitrogen and oxygen atoms in total. The van der Waals surface area contributed by atoms with E-state index < -0.39 is 0 Å². The van der Waals surface area contributed by atoms with Crippen molar-refractivity contribution in [2.24, 2.45) is 0 Å². The Labute approximate surface area is 198 Å². The van der Waals surface area contributed by atoms with Crippen LogP contribution in [-0.2, 0) is 17.8 Å². The van der Waals surface area contributed by atoms with Crippen molar-refractivity contribution in [3.8, 4) is 0 Å². The molecule has 2 heterocycles. The lowest BCUT2D eigenvalue weighted by Gasteiger charge is -2.30. The third kappa shape index (κ3) is 5.09. The van der Waals surface area contributed by atoms with Crippen molar-refractivity contribution in [2.75, 3.05) is 5.75 Å². The average Bonchev–Trinajstić information content (AvgIpc) is 3.05. The number of thioether (sulfide) groups is 1. The number of aromatic nitrogens is 2. The molecule has 172 valence electrons. The van der Waals surface area contributed by atoms with Gasteiger partial charge in [0.2, 0.25) is 5.91 Å².